The first-order chi connectivity index (χ1) is 11.0. The molecule has 2 N–H and O–H groups in total. The molecule has 1 heterocycles. The molecular weight excluding hydrogens is 292 g/mol. The molecule has 2 rings (SSSR count). The van der Waals surface area contributed by atoms with Crippen molar-refractivity contribution in [1.29, 1.82) is 0 Å². The van der Waals surface area contributed by atoms with Crippen LogP contribution in [0.4, 0.5) is 4.79 Å². The summed E-state index contributed by atoms with van der Waals surface area (Å²) in [6, 6.07) is 7.95. The Bertz CT molecular complexity index is 506. The maximum absolute atomic E-state index is 12.3. The Morgan fingerprint density at radius 1 is 1.30 bits per heavy atom. The third-order valence-corrected chi connectivity index (χ3v) is 4.71. The molecule has 0 aromatic heterocycles. The van der Waals surface area contributed by atoms with Crippen LogP contribution < -0.4 is 10.1 Å². The van der Waals surface area contributed by atoms with Crippen molar-refractivity contribution in [3.05, 3.63) is 29.8 Å². The van der Waals surface area contributed by atoms with E-state index in [-0.39, 0.29) is 18.1 Å². The average Bonchev–Trinajstić information content (AvgIpc) is 2.60. The Labute approximate surface area is 138 Å². The van der Waals surface area contributed by atoms with Gasteiger partial charge in [-0.15, -0.1) is 0 Å². The van der Waals surface area contributed by atoms with Gasteiger partial charge in [0.25, 0.3) is 0 Å². The van der Waals surface area contributed by atoms with Crippen LogP contribution >= 0.6 is 0 Å². The number of carbonyl (C=O) groups is 1. The van der Waals surface area contributed by atoms with Crippen LogP contribution in [0.15, 0.2) is 24.3 Å². The van der Waals surface area contributed by atoms with Crippen LogP contribution in [-0.2, 0) is 5.41 Å². The maximum atomic E-state index is 12.3. The second-order valence-corrected chi connectivity index (χ2v) is 6.88. The molecule has 128 valence electrons. The van der Waals surface area contributed by atoms with Gasteiger partial charge in [-0.25, -0.2) is 4.79 Å². The molecule has 1 aromatic rings. The van der Waals surface area contributed by atoms with Gasteiger partial charge >= 0.3 is 6.03 Å². The number of ether oxygens (including phenoxy) is 1. The van der Waals surface area contributed by atoms with Crippen LogP contribution in [0.1, 0.15) is 32.3 Å². The normalized spacial score (nSPS) is 16.3. The van der Waals surface area contributed by atoms with Crippen molar-refractivity contribution in [2.75, 3.05) is 33.4 Å². The zero-order chi connectivity index (χ0) is 16.9. The lowest BCUT2D eigenvalue weighted by molar-refractivity contribution is 0.136. The van der Waals surface area contributed by atoms with Gasteiger partial charge in [0.05, 0.1) is 7.11 Å². The third kappa shape index (κ3) is 4.61. The van der Waals surface area contributed by atoms with E-state index in [2.05, 4.69) is 19.2 Å². The van der Waals surface area contributed by atoms with E-state index in [9.17, 15) is 4.79 Å². The van der Waals surface area contributed by atoms with E-state index in [1.807, 2.05) is 29.2 Å². The molecule has 0 radical (unpaired) electrons. The predicted molar refractivity (Wildman–Crippen MR) is 90.8 cm³/mol. The molecule has 0 aliphatic carbocycles. The lowest BCUT2D eigenvalue weighted by Gasteiger charge is -2.33. The molecule has 1 aliphatic heterocycles. The standard InChI is InChI=1S/C18H28N2O3/c1-18(2,15-4-6-16(23-3)7-5-15)13-19-17(22)20-10-8-14(12-21)9-11-20/h4-7,14,21H,8-13H2,1-3H3,(H,19,22). The summed E-state index contributed by atoms with van der Waals surface area (Å²) in [5.74, 6) is 1.18. The van der Waals surface area contributed by atoms with Crippen molar-refractivity contribution < 1.29 is 14.6 Å². The highest BCUT2D eigenvalue weighted by atomic mass is 16.5. The molecule has 5 heteroatoms. The number of likely N-dealkylation sites (tertiary alicyclic amines) is 1. The van der Waals surface area contributed by atoms with Gasteiger partial charge in [0.2, 0.25) is 0 Å². The molecule has 1 aromatic carbocycles. The quantitative estimate of drug-likeness (QED) is 0.875. The van der Waals surface area contributed by atoms with Crippen molar-refractivity contribution in [1.82, 2.24) is 10.2 Å². The number of urea groups is 1. The number of hydrogen-bond donors (Lipinski definition) is 2. The largest absolute Gasteiger partial charge is 0.497 e. The second-order valence-electron chi connectivity index (χ2n) is 6.88. The van der Waals surface area contributed by atoms with Crippen molar-refractivity contribution in [2.24, 2.45) is 5.92 Å². The molecule has 0 bridgehead atoms. The number of piperidine rings is 1. The van der Waals surface area contributed by atoms with Crippen molar-refractivity contribution in [3.63, 3.8) is 0 Å². The third-order valence-electron chi connectivity index (χ3n) is 4.71. The van der Waals surface area contributed by atoms with E-state index in [0.29, 0.717) is 12.5 Å². The number of nitrogens with one attached hydrogen (secondary N) is 1. The number of rotatable bonds is 5. The molecular formula is C18H28N2O3. The van der Waals surface area contributed by atoms with Gasteiger partial charge in [0.1, 0.15) is 5.75 Å². The lowest BCUT2D eigenvalue weighted by Crippen LogP contribution is -2.47. The summed E-state index contributed by atoms with van der Waals surface area (Å²) in [7, 11) is 1.65. The molecule has 0 atom stereocenters. The Morgan fingerprint density at radius 2 is 1.91 bits per heavy atom. The number of aliphatic hydroxyl groups excluding tert-OH is 1. The number of carbonyl (C=O) groups excluding carboxylic acids is 1. The minimum absolute atomic E-state index is 0.0111. The minimum Gasteiger partial charge on any atom is -0.497 e. The molecule has 5 nitrogen and oxygen atoms in total. The molecule has 2 amide bonds. The Kier molecular flexibility index (Phi) is 5.88. The smallest absolute Gasteiger partial charge is 0.317 e. The molecule has 0 unspecified atom stereocenters. The highest BCUT2D eigenvalue weighted by Crippen LogP contribution is 2.25. The average molecular weight is 320 g/mol. The van der Waals surface area contributed by atoms with Gasteiger partial charge in [0.15, 0.2) is 0 Å². The van der Waals surface area contributed by atoms with E-state index < -0.39 is 0 Å². The molecule has 1 aliphatic rings. The fourth-order valence-electron chi connectivity index (χ4n) is 2.87. The van der Waals surface area contributed by atoms with Crippen molar-refractivity contribution in [3.8, 4) is 5.75 Å². The molecule has 1 fully saturated rings. The van der Waals surface area contributed by atoms with E-state index in [4.69, 9.17) is 9.84 Å². The highest BCUT2D eigenvalue weighted by molar-refractivity contribution is 5.74. The van der Waals surface area contributed by atoms with Crippen LogP contribution in [0.25, 0.3) is 0 Å². The number of aliphatic hydroxyl groups is 1. The Balaban J connectivity index is 1.87. The van der Waals surface area contributed by atoms with Gasteiger partial charge in [-0.3, -0.25) is 0 Å². The van der Waals surface area contributed by atoms with E-state index in [0.717, 1.165) is 37.2 Å². The summed E-state index contributed by atoms with van der Waals surface area (Å²) in [5.41, 5.74) is 1.02. The van der Waals surface area contributed by atoms with Crippen LogP contribution in [0.2, 0.25) is 0 Å². The zero-order valence-corrected chi connectivity index (χ0v) is 14.3. The topological polar surface area (TPSA) is 61.8 Å². The fraction of sp³-hybridized carbons (Fsp3) is 0.611. The van der Waals surface area contributed by atoms with Crippen molar-refractivity contribution >= 4 is 6.03 Å². The molecule has 23 heavy (non-hydrogen) atoms. The number of hydrogen-bond acceptors (Lipinski definition) is 3. The number of amides is 2. The van der Waals surface area contributed by atoms with Crippen LogP contribution in [0, 0.1) is 5.92 Å². The first kappa shape index (κ1) is 17.6. The van der Waals surface area contributed by atoms with E-state index >= 15 is 0 Å². The summed E-state index contributed by atoms with van der Waals surface area (Å²) in [5, 5.41) is 12.2. The van der Waals surface area contributed by atoms with Crippen molar-refractivity contribution in [2.45, 2.75) is 32.1 Å². The van der Waals surface area contributed by atoms with Crippen LogP contribution in [0.5, 0.6) is 5.75 Å². The fourth-order valence-corrected chi connectivity index (χ4v) is 2.87. The summed E-state index contributed by atoms with van der Waals surface area (Å²) < 4.78 is 5.18. The van der Waals surface area contributed by atoms with Crippen LogP contribution in [0.3, 0.4) is 0 Å². The summed E-state index contributed by atoms with van der Waals surface area (Å²) in [6.45, 7) is 6.48. The predicted octanol–water partition coefficient (Wildman–Crippen LogP) is 2.39. The van der Waals surface area contributed by atoms with Gasteiger partial charge in [-0.1, -0.05) is 26.0 Å². The Morgan fingerprint density at radius 3 is 2.43 bits per heavy atom. The second kappa shape index (κ2) is 7.68. The van der Waals surface area contributed by atoms with Gasteiger partial charge in [-0.2, -0.15) is 0 Å². The van der Waals surface area contributed by atoms with E-state index in [1.54, 1.807) is 7.11 Å². The molecule has 1 saturated heterocycles. The zero-order valence-electron chi connectivity index (χ0n) is 14.3. The number of nitrogens with zero attached hydrogens (tertiary/aromatic N) is 1. The summed E-state index contributed by atoms with van der Waals surface area (Å²) in [4.78, 5) is 14.1. The van der Waals surface area contributed by atoms with Gasteiger partial charge in [-0.05, 0) is 36.5 Å². The van der Waals surface area contributed by atoms with Crippen LogP contribution in [-0.4, -0.2) is 49.4 Å². The monoisotopic (exact) mass is 320 g/mol. The first-order valence-corrected chi connectivity index (χ1v) is 8.24. The molecule has 0 saturated carbocycles. The van der Waals surface area contributed by atoms with Gasteiger partial charge in [0, 0.05) is 31.7 Å². The van der Waals surface area contributed by atoms with E-state index in [1.165, 1.54) is 0 Å². The summed E-state index contributed by atoms with van der Waals surface area (Å²) >= 11 is 0. The maximum Gasteiger partial charge on any atom is 0.317 e. The first-order valence-electron chi connectivity index (χ1n) is 8.24. The SMILES string of the molecule is COc1ccc(C(C)(C)CNC(=O)N2CCC(CO)CC2)cc1. The molecule has 0 spiro atoms. The van der Waals surface area contributed by atoms with Gasteiger partial charge < -0.3 is 20.1 Å². The summed E-state index contributed by atoms with van der Waals surface area (Å²) in [6.07, 6.45) is 1.76. The number of methoxy groups -OCH3 is 1. The highest BCUT2D eigenvalue weighted by Gasteiger charge is 2.25. The lowest BCUT2D eigenvalue weighted by atomic mass is 9.84. The minimum atomic E-state index is -0.147. The Hall–Kier alpha value is -1.75. The number of benzene rings is 1.